The average molecular weight is 512 g/mol. The van der Waals surface area contributed by atoms with Crippen LogP contribution in [-0.2, 0) is 5.41 Å². The van der Waals surface area contributed by atoms with Crippen LogP contribution in [0.3, 0.4) is 0 Å². The molecule has 0 saturated carbocycles. The van der Waals surface area contributed by atoms with Crippen LogP contribution in [0.25, 0.3) is 0 Å². The number of alkyl halides is 3. The van der Waals surface area contributed by atoms with Gasteiger partial charge < -0.3 is 10.6 Å². The molecule has 1 aromatic carbocycles. The second kappa shape index (κ2) is 11.2. The zero-order valence-electron chi connectivity index (χ0n) is 16.9. The summed E-state index contributed by atoms with van der Waals surface area (Å²) in [4.78, 5) is 6.18. The third kappa shape index (κ3) is 8.55. The largest absolute Gasteiger partial charge is 0.401 e. The molecule has 0 aromatic heterocycles. The minimum absolute atomic E-state index is 0. The van der Waals surface area contributed by atoms with Crippen molar-refractivity contribution in [1.29, 1.82) is 0 Å². The third-order valence-corrected chi connectivity index (χ3v) is 4.86. The minimum Gasteiger partial charge on any atom is -0.357 e. The molecule has 0 aliphatic carbocycles. The van der Waals surface area contributed by atoms with Gasteiger partial charge in [0.25, 0.3) is 0 Å². The molecule has 0 spiro atoms. The van der Waals surface area contributed by atoms with Crippen molar-refractivity contribution >= 4 is 29.9 Å². The standard InChI is InChI=1S/C20H31F3N4.HI/c1-4-24-18(26-14-19(2,3)17-8-6-5-7-9-17)25-12-16-10-11-27(13-16)15-20(21,22)23;/h5-9,16H,4,10-15H2,1-3H3,(H2,24,25,26);1H. The first-order chi connectivity index (χ1) is 12.7. The molecular formula is C20H32F3IN4. The number of guanidine groups is 1. The topological polar surface area (TPSA) is 39.7 Å². The maximum atomic E-state index is 12.5. The van der Waals surface area contributed by atoms with E-state index in [-0.39, 0.29) is 35.3 Å². The summed E-state index contributed by atoms with van der Waals surface area (Å²) in [5, 5.41) is 6.53. The predicted molar refractivity (Wildman–Crippen MR) is 119 cm³/mol. The van der Waals surface area contributed by atoms with Crippen molar-refractivity contribution < 1.29 is 13.2 Å². The molecular weight excluding hydrogens is 480 g/mol. The Morgan fingerprint density at radius 2 is 1.86 bits per heavy atom. The van der Waals surface area contributed by atoms with Gasteiger partial charge in [0, 0.05) is 25.0 Å². The van der Waals surface area contributed by atoms with Gasteiger partial charge in [-0.2, -0.15) is 13.2 Å². The first-order valence-corrected chi connectivity index (χ1v) is 9.56. The average Bonchev–Trinajstić information content (AvgIpc) is 3.03. The minimum atomic E-state index is -4.12. The lowest BCUT2D eigenvalue weighted by Crippen LogP contribution is -2.41. The summed E-state index contributed by atoms with van der Waals surface area (Å²) in [6.45, 7) is 8.46. The smallest absolute Gasteiger partial charge is 0.357 e. The molecule has 2 N–H and O–H groups in total. The van der Waals surface area contributed by atoms with Crippen molar-refractivity contribution in [2.45, 2.75) is 38.8 Å². The fraction of sp³-hybridized carbons (Fsp3) is 0.650. The lowest BCUT2D eigenvalue weighted by molar-refractivity contribution is -0.143. The Balaban J connectivity index is 0.00000392. The molecule has 1 atom stereocenters. The van der Waals surface area contributed by atoms with E-state index in [1.807, 2.05) is 25.1 Å². The van der Waals surface area contributed by atoms with E-state index in [1.54, 1.807) is 0 Å². The molecule has 0 radical (unpaired) electrons. The summed E-state index contributed by atoms with van der Waals surface area (Å²) in [7, 11) is 0. The third-order valence-electron chi connectivity index (χ3n) is 4.86. The Hall–Kier alpha value is -1.03. The van der Waals surface area contributed by atoms with E-state index in [0.29, 0.717) is 26.2 Å². The summed E-state index contributed by atoms with van der Waals surface area (Å²) < 4.78 is 37.5. The van der Waals surface area contributed by atoms with Gasteiger partial charge in [-0.1, -0.05) is 44.2 Å². The van der Waals surface area contributed by atoms with E-state index in [2.05, 4.69) is 36.6 Å². The lowest BCUT2D eigenvalue weighted by Gasteiger charge is -2.24. The Bertz CT molecular complexity index is 605. The number of aliphatic imine (C=N–C) groups is 1. The zero-order chi connectivity index (χ0) is 19.9. The van der Waals surface area contributed by atoms with Crippen LogP contribution >= 0.6 is 24.0 Å². The summed E-state index contributed by atoms with van der Waals surface area (Å²) >= 11 is 0. The fourth-order valence-electron chi connectivity index (χ4n) is 3.32. The van der Waals surface area contributed by atoms with Gasteiger partial charge in [-0.15, -0.1) is 24.0 Å². The van der Waals surface area contributed by atoms with Crippen molar-refractivity contribution in [3.8, 4) is 0 Å². The Morgan fingerprint density at radius 1 is 1.18 bits per heavy atom. The number of hydrogen-bond donors (Lipinski definition) is 2. The van der Waals surface area contributed by atoms with Crippen molar-refractivity contribution in [3.63, 3.8) is 0 Å². The van der Waals surface area contributed by atoms with Crippen LogP contribution in [0.15, 0.2) is 35.3 Å². The number of rotatable bonds is 7. The molecule has 0 bridgehead atoms. The molecule has 1 aliphatic rings. The molecule has 0 amide bonds. The molecule has 1 fully saturated rings. The highest BCUT2D eigenvalue weighted by molar-refractivity contribution is 14.0. The zero-order valence-corrected chi connectivity index (χ0v) is 19.2. The summed E-state index contributed by atoms with van der Waals surface area (Å²) in [5.74, 6) is 0.925. The lowest BCUT2D eigenvalue weighted by atomic mass is 9.85. The van der Waals surface area contributed by atoms with Crippen molar-refractivity contribution in [3.05, 3.63) is 35.9 Å². The Morgan fingerprint density at radius 3 is 2.46 bits per heavy atom. The molecule has 28 heavy (non-hydrogen) atoms. The van der Waals surface area contributed by atoms with Gasteiger partial charge in [0.15, 0.2) is 5.96 Å². The molecule has 4 nitrogen and oxygen atoms in total. The van der Waals surface area contributed by atoms with Gasteiger partial charge in [0.1, 0.15) is 0 Å². The van der Waals surface area contributed by atoms with Gasteiger partial charge in [-0.25, -0.2) is 0 Å². The van der Waals surface area contributed by atoms with Crippen molar-refractivity contribution in [2.24, 2.45) is 10.9 Å². The quantitative estimate of drug-likeness (QED) is 0.330. The number of hydrogen-bond acceptors (Lipinski definition) is 2. The van der Waals surface area contributed by atoms with Crippen LogP contribution in [-0.4, -0.2) is 56.3 Å². The molecule has 1 saturated heterocycles. The maximum Gasteiger partial charge on any atom is 0.401 e. The number of nitrogens with zero attached hydrogens (tertiary/aromatic N) is 2. The maximum absolute atomic E-state index is 12.5. The van der Waals surface area contributed by atoms with Crippen LogP contribution in [0.1, 0.15) is 32.8 Å². The summed E-state index contributed by atoms with van der Waals surface area (Å²) in [6, 6.07) is 10.2. The molecule has 1 aliphatic heterocycles. The van der Waals surface area contributed by atoms with Gasteiger partial charge >= 0.3 is 6.18 Å². The van der Waals surface area contributed by atoms with E-state index in [9.17, 15) is 13.2 Å². The van der Waals surface area contributed by atoms with Crippen molar-refractivity contribution in [1.82, 2.24) is 15.5 Å². The van der Waals surface area contributed by atoms with Gasteiger partial charge in [-0.05, 0) is 31.4 Å². The summed E-state index contributed by atoms with van der Waals surface area (Å²) in [6.07, 6.45) is -3.35. The Kier molecular flexibility index (Phi) is 10.0. The van der Waals surface area contributed by atoms with Crippen LogP contribution < -0.4 is 10.6 Å². The molecule has 8 heteroatoms. The molecule has 1 unspecified atom stereocenters. The van der Waals surface area contributed by atoms with E-state index < -0.39 is 12.7 Å². The van der Waals surface area contributed by atoms with Gasteiger partial charge in [0.05, 0.1) is 13.1 Å². The first-order valence-electron chi connectivity index (χ1n) is 9.56. The second-order valence-electron chi connectivity index (χ2n) is 7.83. The number of benzene rings is 1. The van der Waals surface area contributed by atoms with Gasteiger partial charge in [0.2, 0.25) is 0 Å². The number of likely N-dealkylation sites (tertiary alicyclic amines) is 1. The van der Waals surface area contributed by atoms with Crippen LogP contribution in [0.4, 0.5) is 13.2 Å². The molecule has 2 rings (SSSR count). The van der Waals surface area contributed by atoms with Crippen LogP contribution in [0, 0.1) is 5.92 Å². The number of halogens is 4. The van der Waals surface area contributed by atoms with Crippen LogP contribution in [0.5, 0.6) is 0 Å². The van der Waals surface area contributed by atoms with Crippen LogP contribution in [0.2, 0.25) is 0 Å². The highest BCUT2D eigenvalue weighted by atomic mass is 127. The normalized spacial score (nSPS) is 18.6. The number of nitrogens with one attached hydrogen (secondary N) is 2. The Labute approximate surface area is 183 Å². The molecule has 1 heterocycles. The fourth-order valence-corrected chi connectivity index (χ4v) is 3.32. The summed E-state index contributed by atoms with van der Waals surface area (Å²) in [5.41, 5.74) is 1.13. The van der Waals surface area contributed by atoms with Crippen molar-refractivity contribution in [2.75, 3.05) is 39.3 Å². The van der Waals surface area contributed by atoms with E-state index in [4.69, 9.17) is 4.99 Å². The van der Waals surface area contributed by atoms with E-state index >= 15 is 0 Å². The molecule has 160 valence electrons. The highest BCUT2D eigenvalue weighted by Crippen LogP contribution is 2.24. The molecule has 1 aromatic rings. The van der Waals surface area contributed by atoms with E-state index in [1.165, 1.54) is 10.5 Å². The monoisotopic (exact) mass is 512 g/mol. The van der Waals surface area contributed by atoms with E-state index in [0.717, 1.165) is 18.9 Å². The second-order valence-corrected chi connectivity index (χ2v) is 7.83. The SMILES string of the molecule is CCNC(=NCC(C)(C)c1ccccc1)NCC1CCN(CC(F)(F)F)C1.I. The van der Waals surface area contributed by atoms with Gasteiger partial charge in [-0.3, -0.25) is 9.89 Å². The first kappa shape index (κ1) is 25.0. The highest BCUT2D eigenvalue weighted by Gasteiger charge is 2.34. The predicted octanol–water partition coefficient (Wildman–Crippen LogP) is 4.02.